The molecule has 1 aliphatic heterocycles. The first kappa shape index (κ1) is 22.4. The van der Waals surface area contributed by atoms with Gasteiger partial charge in [-0.2, -0.15) is 4.37 Å². The number of carboxylic acid groups (broad SMARTS) is 1. The van der Waals surface area contributed by atoms with Gasteiger partial charge in [0.2, 0.25) is 5.91 Å². The number of carbonyl (C=O) groups excluding carboxylic acids is 2. The second-order valence-corrected chi connectivity index (χ2v) is 8.80. The predicted molar refractivity (Wildman–Crippen MR) is 118 cm³/mol. The number of halogens is 1. The van der Waals surface area contributed by atoms with Crippen LogP contribution in [0.2, 0.25) is 5.02 Å². The predicted octanol–water partition coefficient (Wildman–Crippen LogP) is 3.92. The minimum Gasteiger partial charge on any atom is -0.477 e. The Morgan fingerprint density at radius 3 is 2.73 bits per heavy atom. The second kappa shape index (κ2) is 10.6. The number of nitrogens with one attached hydrogen (secondary N) is 2. The molecule has 1 aromatic heterocycles. The molecule has 1 aliphatic rings. The summed E-state index contributed by atoms with van der Waals surface area (Å²) in [6, 6.07) is 6.78. The molecule has 8 nitrogen and oxygen atoms in total. The molecule has 1 fully saturated rings. The van der Waals surface area contributed by atoms with Crippen LogP contribution in [-0.2, 0) is 10.5 Å². The van der Waals surface area contributed by atoms with Crippen molar-refractivity contribution in [2.75, 3.05) is 25.0 Å². The number of benzene rings is 1. The number of anilines is 1. The Bertz CT molecular complexity index is 920. The van der Waals surface area contributed by atoms with E-state index in [1.807, 2.05) is 12.1 Å². The van der Waals surface area contributed by atoms with E-state index in [4.69, 9.17) is 11.6 Å². The number of urea groups is 1. The summed E-state index contributed by atoms with van der Waals surface area (Å²) >= 11 is 8.09. The molecule has 0 aliphatic carbocycles. The second-order valence-electron chi connectivity index (χ2n) is 6.63. The summed E-state index contributed by atoms with van der Waals surface area (Å²) in [7, 11) is 0. The summed E-state index contributed by atoms with van der Waals surface area (Å²) in [4.78, 5) is 37.2. The molecule has 2 aromatic rings. The molecule has 3 amide bonds. The molecule has 3 N–H and O–H groups in total. The topological polar surface area (TPSA) is 112 Å². The van der Waals surface area contributed by atoms with Crippen molar-refractivity contribution in [3.05, 3.63) is 40.4 Å². The van der Waals surface area contributed by atoms with Crippen molar-refractivity contribution in [1.29, 1.82) is 0 Å². The molecule has 30 heavy (non-hydrogen) atoms. The standard InChI is InChI=1S/C19H21ClN4O4S2/c20-13-6-4-12(5-7-13)11-29-17-15(18(26)27)16(30-23-17)22-19(28)21-8-2-10-24-9-1-3-14(24)25/h4-7H,1-3,8-11H2,(H,26,27)(H2,21,22,28). The Hall–Kier alpha value is -2.30. The first-order chi connectivity index (χ1) is 14.4. The highest BCUT2D eigenvalue weighted by atomic mass is 35.5. The molecule has 11 heteroatoms. The normalized spacial score (nSPS) is 13.5. The maximum absolute atomic E-state index is 12.1. The minimum atomic E-state index is -1.15. The SMILES string of the molecule is O=C(NCCCN1CCCC1=O)Nc1snc(SCc2ccc(Cl)cc2)c1C(=O)O. The van der Waals surface area contributed by atoms with Crippen LogP contribution in [0.4, 0.5) is 9.80 Å². The fraction of sp³-hybridized carbons (Fsp3) is 0.368. The molecule has 0 bridgehead atoms. The Balaban J connectivity index is 1.51. The molecule has 0 atom stereocenters. The summed E-state index contributed by atoms with van der Waals surface area (Å²) in [5.74, 6) is -0.466. The summed E-state index contributed by atoms with van der Waals surface area (Å²) in [6.45, 7) is 1.75. The van der Waals surface area contributed by atoms with Gasteiger partial charge in [0.1, 0.15) is 15.6 Å². The van der Waals surface area contributed by atoms with Gasteiger partial charge in [-0.05, 0) is 42.1 Å². The molecule has 0 saturated carbocycles. The van der Waals surface area contributed by atoms with Crippen molar-refractivity contribution in [3.63, 3.8) is 0 Å². The molecule has 0 radical (unpaired) electrons. The highest BCUT2D eigenvalue weighted by Gasteiger charge is 2.23. The fourth-order valence-electron chi connectivity index (χ4n) is 2.94. The van der Waals surface area contributed by atoms with Crippen LogP contribution < -0.4 is 10.6 Å². The number of hydrogen-bond acceptors (Lipinski definition) is 6. The van der Waals surface area contributed by atoms with Gasteiger partial charge in [-0.15, -0.1) is 0 Å². The molecule has 160 valence electrons. The molecule has 3 rings (SSSR count). The first-order valence-corrected chi connectivity index (χ1v) is 11.5. The van der Waals surface area contributed by atoms with Crippen molar-refractivity contribution in [3.8, 4) is 0 Å². The number of aromatic nitrogens is 1. The lowest BCUT2D eigenvalue weighted by molar-refractivity contribution is -0.127. The van der Waals surface area contributed by atoms with Crippen molar-refractivity contribution in [2.45, 2.75) is 30.0 Å². The first-order valence-electron chi connectivity index (χ1n) is 9.37. The number of hydrogen-bond donors (Lipinski definition) is 3. The lowest BCUT2D eigenvalue weighted by Crippen LogP contribution is -2.33. The van der Waals surface area contributed by atoms with Crippen LogP contribution in [-0.4, -0.2) is 51.9 Å². The number of nitrogens with zero attached hydrogens (tertiary/aromatic N) is 2. The van der Waals surface area contributed by atoms with Crippen LogP contribution in [0.5, 0.6) is 0 Å². The Kier molecular flexibility index (Phi) is 7.94. The van der Waals surface area contributed by atoms with Gasteiger partial charge < -0.3 is 15.3 Å². The summed E-state index contributed by atoms with van der Waals surface area (Å²) < 4.78 is 4.19. The number of thioether (sulfide) groups is 1. The maximum atomic E-state index is 12.1. The molecule has 2 heterocycles. The number of carbonyl (C=O) groups is 3. The van der Waals surface area contributed by atoms with E-state index < -0.39 is 12.0 Å². The summed E-state index contributed by atoms with van der Waals surface area (Å²) in [5, 5.41) is 16.0. The maximum Gasteiger partial charge on any atom is 0.341 e. The molecule has 1 saturated heterocycles. The molecular formula is C19H21ClN4O4S2. The van der Waals surface area contributed by atoms with Crippen LogP contribution in [0.3, 0.4) is 0 Å². The highest BCUT2D eigenvalue weighted by molar-refractivity contribution is 7.98. The van der Waals surface area contributed by atoms with E-state index in [1.165, 1.54) is 11.8 Å². The monoisotopic (exact) mass is 468 g/mol. The van der Waals surface area contributed by atoms with Gasteiger partial charge in [0.05, 0.1) is 0 Å². The largest absolute Gasteiger partial charge is 0.477 e. The average molecular weight is 469 g/mol. The van der Waals surface area contributed by atoms with Gasteiger partial charge in [-0.1, -0.05) is 35.5 Å². The van der Waals surface area contributed by atoms with Crippen molar-refractivity contribution in [1.82, 2.24) is 14.6 Å². The number of amides is 3. The van der Waals surface area contributed by atoms with E-state index in [2.05, 4.69) is 15.0 Å². The van der Waals surface area contributed by atoms with Gasteiger partial charge in [-0.3, -0.25) is 10.1 Å². The summed E-state index contributed by atoms with van der Waals surface area (Å²) in [5.41, 5.74) is 0.967. The number of rotatable bonds is 9. The van der Waals surface area contributed by atoms with Crippen molar-refractivity contribution < 1.29 is 19.5 Å². The zero-order valence-corrected chi connectivity index (χ0v) is 18.4. The Morgan fingerprint density at radius 1 is 1.30 bits per heavy atom. The van der Waals surface area contributed by atoms with Gasteiger partial charge in [0.25, 0.3) is 0 Å². The Morgan fingerprint density at radius 2 is 2.07 bits per heavy atom. The third-order valence-electron chi connectivity index (χ3n) is 4.45. The fourth-order valence-corrected chi connectivity index (χ4v) is 4.96. The van der Waals surface area contributed by atoms with E-state index >= 15 is 0 Å². The minimum absolute atomic E-state index is 0.0169. The smallest absolute Gasteiger partial charge is 0.341 e. The number of aromatic carboxylic acids is 1. The van der Waals surface area contributed by atoms with Gasteiger partial charge >= 0.3 is 12.0 Å². The van der Waals surface area contributed by atoms with Crippen LogP contribution >= 0.6 is 34.9 Å². The molecule has 0 spiro atoms. The van der Waals surface area contributed by atoms with Crippen LogP contribution in [0.25, 0.3) is 0 Å². The average Bonchev–Trinajstić information content (AvgIpc) is 3.30. The van der Waals surface area contributed by atoms with E-state index in [0.717, 1.165) is 30.1 Å². The van der Waals surface area contributed by atoms with Gasteiger partial charge in [0.15, 0.2) is 0 Å². The van der Waals surface area contributed by atoms with E-state index in [0.29, 0.717) is 41.7 Å². The van der Waals surface area contributed by atoms with E-state index in [-0.39, 0.29) is 16.5 Å². The van der Waals surface area contributed by atoms with E-state index in [1.54, 1.807) is 17.0 Å². The van der Waals surface area contributed by atoms with Gasteiger partial charge in [-0.25, -0.2) is 9.59 Å². The van der Waals surface area contributed by atoms with Crippen molar-refractivity contribution in [2.24, 2.45) is 0 Å². The zero-order chi connectivity index (χ0) is 21.5. The quantitative estimate of drug-likeness (QED) is 0.380. The third kappa shape index (κ3) is 6.10. The molecule has 0 unspecified atom stereocenters. The third-order valence-corrected chi connectivity index (χ3v) is 6.63. The van der Waals surface area contributed by atoms with E-state index in [9.17, 15) is 19.5 Å². The van der Waals surface area contributed by atoms with Gasteiger partial charge in [0, 0.05) is 36.8 Å². The highest BCUT2D eigenvalue weighted by Crippen LogP contribution is 2.33. The van der Waals surface area contributed by atoms with Crippen molar-refractivity contribution >= 4 is 57.8 Å². The lowest BCUT2D eigenvalue weighted by Gasteiger charge is -2.15. The molecular weight excluding hydrogens is 448 g/mol. The van der Waals surface area contributed by atoms with Crippen LogP contribution in [0, 0.1) is 0 Å². The zero-order valence-electron chi connectivity index (χ0n) is 16.0. The van der Waals surface area contributed by atoms with Crippen LogP contribution in [0.15, 0.2) is 29.3 Å². The summed E-state index contributed by atoms with van der Waals surface area (Å²) in [6.07, 6.45) is 2.11. The number of likely N-dealkylation sites (tertiary alicyclic amines) is 1. The Labute approximate surface area is 187 Å². The molecule has 1 aromatic carbocycles. The van der Waals surface area contributed by atoms with Crippen LogP contribution in [0.1, 0.15) is 35.2 Å². The lowest BCUT2D eigenvalue weighted by atomic mass is 10.2. The number of carboxylic acids is 1.